The van der Waals surface area contributed by atoms with Gasteiger partial charge in [-0.05, 0) is 66.9 Å². The van der Waals surface area contributed by atoms with Gasteiger partial charge in [0.25, 0.3) is 5.56 Å². The maximum absolute atomic E-state index is 15.5. The summed E-state index contributed by atoms with van der Waals surface area (Å²) in [5.41, 5.74) is 1.57. The monoisotopic (exact) mass is 629 g/mol. The number of ether oxygens (including phenoxy) is 1. The summed E-state index contributed by atoms with van der Waals surface area (Å²) in [4.78, 5) is 14.1. The number of methoxy groups -OCH3 is 1. The van der Waals surface area contributed by atoms with E-state index >= 15 is 4.39 Å². The number of nitrogens with zero attached hydrogens (tertiary/aromatic N) is 1. The largest absolute Gasteiger partial charge is 0.494 e. The third-order valence-corrected chi connectivity index (χ3v) is 9.80. The van der Waals surface area contributed by atoms with E-state index in [1.54, 1.807) is 29.7 Å². The van der Waals surface area contributed by atoms with Crippen molar-refractivity contribution in [1.29, 1.82) is 0 Å². The normalized spacial score (nSPS) is 14.6. The fourth-order valence-electron chi connectivity index (χ4n) is 5.33. The molecule has 4 aromatic rings. The lowest BCUT2D eigenvalue weighted by atomic mass is 9.94. The first-order valence-corrected chi connectivity index (χ1v) is 16.0. The Morgan fingerprint density at radius 1 is 1.02 bits per heavy atom. The Bertz CT molecular complexity index is 1820. The van der Waals surface area contributed by atoms with Crippen molar-refractivity contribution >= 4 is 21.8 Å². The molecule has 43 heavy (non-hydrogen) atoms. The van der Waals surface area contributed by atoms with E-state index in [0.717, 1.165) is 5.56 Å². The van der Waals surface area contributed by atoms with Gasteiger partial charge >= 0.3 is 0 Å². The van der Waals surface area contributed by atoms with Crippen LogP contribution in [0.15, 0.2) is 75.4 Å². The number of fused-ring (bicyclic) bond motifs is 1. The first-order valence-electron chi connectivity index (χ1n) is 13.5. The van der Waals surface area contributed by atoms with E-state index in [2.05, 4.69) is 5.32 Å². The lowest BCUT2D eigenvalue weighted by Gasteiger charge is -2.21. The fourth-order valence-corrected chi connectivity index (χ4v) is 7.23. The predicted octanol–water partition coefficient (Wildman–Crippen LogP) is 4.97. The van der Waals surface area contributed by atoms with Crippen LogP contribution in [0.3, 0.4) is 0 Å². The summed E-state index contributed by atoms with van der Waals surface area (Å²) in [6.07, 6.45) is 0.485. The number of aromatic nitrogens is 1. The molecule has 1 aromatic heterocycles. The number of primary sulfonamides is 1. The fraction of sp³-hybridized carbons (Fsp3) is 0.258. The van der Waals surface area contributed by atoms with Crippen molar-refractivity contribution in [2.45, 2.75) is 35.7 Å². The Labute approximate surface area is 251 Å². The highest BCUT2D eigenvalue weighted by Crippen LogP contribution is 2.40. The average molecular weight is 630 g/mol. The molecule has 0 bridgehead atoms. The van der Waals surface area contributed by atoms with Gasteiger partial charge in [0.1, 0.15) is 11.6 Å². The molecule has 0 radical (unpaired) electrons. The molecule has 0 saturated heterocycles. The number of hydrogen-bond acceptors (Lipinski definition) is 6. The number of pyridine rings is 1. The van der Waals surface area contributed by atoms with E-state index in [1.807, 2.05) is 0 Å². The van der Waals surface area contributed by atoms with Gasteiger partial charge in [0.2, 0.25) is 10.0 Å². The minimum atomic E-state index is -3.77. The van der Waals surface area contributed by atoms with Gasteiger partial charge in [-0.25, -0.2) is 26.7 Å². The zero-order chi connectivity index (χ0) is 30.9. The third-order valence-electron chi connectivity index (χ3n) is 7.60. The van der Waals surface area contributed by atoms with Crippen LogP contribution in [0.2, 0.25) is 0 Å². The molecule has 12 heteroatoms. The molecule has 1 aliphatic rings. The standard InChI is InChI=1S/C31H30F3N3O4S2/c1-18-23(15-24-25(32)6-4-7-26(24)33)31-37(30(38)28(18)22-5-3-8-27(41-2)29(22)34)20(17-42-31)16-36-14-13-19-9-11-21(12-10-19)43(35,39)40/h3-12,20,36H,13-17H2,1-2H3,(H2,35,39,40). The summed E-state index contributed by atoms with van der Waals surface area (Å²) < 4.78 is 74.8. The number of nitrogens with one attached hydrogen (secondary N) is 1. The molecule has 1 atom stereocenters. The van der Waals surface area contributed by atoms with Gasteiger partial charge in [0.15, 0.2) is 11.6 Å². The lowest BCUT2D eigenvalue weighted by Crippen LogP contribution is -2.34. The zero-order valence-corrected chi connectivity index (χ0v) is 25.1. The van der Waals surface area contributed by atoms with Crippen molar-refractivity contribution < 1.29 is 26.3 Å². The van der Waals surface area contributed by atoms with Crippen molar-refractivity contribution in [3.05, 3.63) is 111 Å². The predicted molar refractivity (Wildman–Crippen MR) is 161 cm³/mol. The number of sulfonamides is 1. The van der Waals surface area contributed by atoms with Gasteiger partial charge in [-0.15, -0.1) is 11.8 Å². The molecule has 1 aliphatic heterocycles. The van der Waals surface area contributed by atoms with E-state index in [-0.39, 0.29) is 39.8 Å². The molecule has 5 rings (SSSR count). The molecule has 0 spiro atoms. The molecule has 7 nitrogen and oxygen atoms in total. The molecule has 3 aromatic carbocycles. The van der Waals surface area contributed by atoms with Crippen molar-refractivity contribution in [3.63, 3.8) is 0 Å². The van der Waals surface area contributed by atoms with E-state index in [4.69, 9.17) is 9.88 Å². The second-order valence-corrected chi connectivity index (χ2v) is 12.8. The van der Waals surface area contributed by atoms with Gasteiger partial charge in [-0.2, -0.15) is 0 Å². The Balaban J connectivity index is 1.48. The molecular formula is C31H30F3N3O4S2. The first kappa shape index (κ1) is 30.9. The molecule has 0 fully saturated rings. The average Bonchev–Trinajstić information content (AvgIpc) is 3.39. The lowest BCUT2D eigenvalue weighted by molar-refractivity contribution is 0.387. The topological polar surface area (TPSA) is 103 Å². The summed E-state index contributed by atoms with van der Waals surface area (Å²) >= 11 is 1.43. The van der Waals surface area contributed by atoms with Gasteiger partial charge in [-0.1, -0.05) is 30.3 Å². The summed E-state index contributed by atoms with van der Waals surface area (Å²) in [6.45, 7) is 2.63. The molecular weight excluding hydrogens is 599 g/mol. The number of thioether (sulfide) groups is 1. The molecule has 0 aliphatic carbocycles. The summed E-state index contributed by atoms with van der Waals surface area (Å²) in [7, 11) is -2.44. The van der Waals surface area contributed by atoms with Crippen molar-refractivity contribution in [3.8, 4) is 16.9 Å². The van der Waals surface area contributed by atoms with Gasteiger partial charge < -0.3 is 10.1 Å². The van der Waals surface area contributed by atoms with Crippen molar-refractivity contribution in [2.24, 2.45) is 5.14 Å². The highest BCUT2D eigenvalue weighted by Gasteiger charge is 2.32. The number of nitrogens with two attached hydrogens (primary N) is 1. The smallest absolute Gasteiger partial charge is 0.260 e. The first-order chi connectivity index (χ1) is 20.5. The highest BCUT2D eigenvalue weighted by molar-refractivity contribution is 7.99. The van der Waals surface area contributed by atoms with Crippen LogP contribution >= 0.6 is 11.8 Å². The maximum Gasteiger partial charge on any atom is 0.260 e. The molecule has 2 heterocycles. The van der Waals surface area contributed by atoms with E-state index in [0.29, 0.717) is 41.4 Å². The zero-order valence-electron chi connectivity index (χ0n) is 23.5. The van der Waals surface area contributed by atoms with Crippen LogP contribution in [0.5, 0.6) is 5.75 Å². The van der Waals surface area contributed by atoms with Crippen LogP contribution in [0.25, 0.3) is 11.1 Å². The van der Waals surface area contributed by atoms with Crippen LogP contribution in [0.4, 0.5) is 13.2 Å². The Morgan fingerprint density at radius 3 is 2.35 bits per heavy atom. The number of benzene rings is 3. The second-order valence-electron chi connectivity index (χ2n) is 10.3. The summed E-state index contributed by atoms with van der Waals surface area (Å²) in [5.74, 6) is -1.58. The molecule has 3 N–H and O–H groups in total. The summed E-state index contributed by atoms with van der Waals surface area (Å²) in [6, 6.07) is 14.2. The van der Waals surface area contributed by atoms with E-state index in [1.165, 1.54) is 61.3 Å². The Kier molecular flexibility index (Phi) is 9.02. The van der Waals surface area contributed by atoms with Gasteiger partial charge in [0, 0.05) is 29.8 Å². The molecule has 1 unspecified atom stereocenters. The van der Waals surface area contributed by atoms with E-state index in [9.17, 15) is 22.0 Å². The quantitative estimate of drug-likeness (QED) is 0.240. The van der Waals surface area contributed by atoms with Crippen LogP contribution in [-0.4, -0.2) is 38.9 Å². The Hall–Kier alpha value is -3.58. The minimum absolute atomic E-state index is 0.0202. The SMILES string of the molecule is COc1cccc(-c2c(C)c(Cc3c(F)cccc3F)c3n(c2=O)C(CNCCc2ccc(S(N)(=O)=O)cc2)CS3)c1F. The Morgan fingerprint density at radius 2 is 1.70 bits per heavy atom. The van der Waals surface area contributed by atoms with Crippen LogP contribution in [-0.2, 0) is 22.9 Å². The maximum atomic E-state index is 15.5. The van der Waals surface area contributed by atoms with Crippen LogP contribution in [0.1, 0.15) is 28.3 Å². The highest BCUT2D eigenvalue weighted by atomic mass is 32.2. The van der Waals surface area contributed by atoms with Gasteiger partial charge in [0.05, 0.1) is 28.6 Å². The molecule has 0 saturated carbocycles. The van der Waals surface area contributed by atoms with Crippen LogP contribution < -0.4 is 20.8 Å². The van der Waals surface area contributed by atoms with Crippen molar-refractivity contribution in [1.82, 2.24) is 9.88 Å². The molecule has 226 valence electrons. The number of hydrogen-bond donors (Lipinski definition) is 2. The number of rotatable bonds is 10. The van der Waals surface area contributed by atoms with Crippen LogP contribution in [0, 0.1) is 24.4 Å². The third kappa shape index (κ3) is 6.23. The molecule has 0 amide bonds. The van der Waals surface area contributed by atoms with Gasteiger partial charge in [-0.3, -0.25) is 9.36 Å². The second kappa shape index (κ2) is 12.6. The van der Waals surface area contributed by atoms with E-state index < -0.39 is 33.0 Å². The number of halogens is 3. The van der Waals surface area contributed by atoms with Crippen molar-refractivity contribution in [2.75, 3.05) is 26.0 Å². The summed E-state index contributed by atoms with van der Waals surface area (Å²) in [5, 5.41) is 9.11. The minimum Gasteiger partial charge on any atom is -0.494 e.